The van der Waals surface area contributed by atoms with E-state index in [-0.39, 0.29) is 29.3 Å². The van der Waals surface area contributed by atoms with E-state index in [4.69, 9.17) is 16.7 Å². The number of thiazole rings is 1. The molecule has 12 heteroatoms. The highest BCUT2D eigenvalue weighted by Gasteiger charge is 2.34. The van der Waals surface area contributed by atoms with Crippen LogP contribution in [0.4, 0.5) is 18.3 Å². The smallest absolute Gasteiger partial charge is 0.416 e. The number of carbonyl (C=O) groups is 1. The van der Waals surface area contributed by atoms with Gasteiger partial charge in [-0.05, 0) is 47.0 Å². The minimum atomic E-state index is -4.62. The summed E-state index contributed by atoms with van der Waals surface area (Å²) in [5, 5.41) is 31.7. The topological polar surface area (TPSA) is 107 Å². The maximum atomic E-state index is 13.8. The van der Waals surface area contributed by atoms with Crippen molar-refractivity contribution in [3.63, 3.8) is 0 Å². The zero-order valence-electron chi connectivity index (χ0n) is 17.9. The fourth-order valence-electron chi connectivity index (χ4n) is 3.58. The Morgan fingerprint density at radius 3 is 2.71 bits per heavy atom. The molecule has 4 rings (SSSR count). The Labute approximate surface area is 205 Å². The van der Waals surface area contributed by atoms with Crippen LogP contribution in [-0.4, -0.2) is 33.9 Å². The highest BCUT2D eigenvalue weighted by molar-refractivity contribution is 7.16. The summed E-state index contributed by atoms with van der Waals surface area (Å²) < 4.78 is 41.3. The molecular formula is C23H18ClF3N4O3S. The standard InChI is InChI=1S/C23H18ClF3N4O3S/c24-15-5-3-13(17(10-15)23(25,26)27)9-16(12-4-6-18-14(8-12)11-29-31-18)20-21(34)30-22(35-20)28-7-1-2-19(32)33/h3-6,8,10-11,34H,1-2,7,9H2,(H,28,30)(H,32,33). The molecule has 182 valence electrons. The number of anilines is 1. The molecule has 0 spiro atoms. The number of aromatic nitrogens is 1. The van der Waals surface area contributed by atoms with Gasteiger partial charge in [-0.25, -0.2) is 0 Å². The van der Waals surface area contributed by atoms with Gasteiger partial charge in [0.25, 0.3) is 0 Å². The lowest BCUT2D eigenvalue weighted by Gasteiger charge is -2.15. The minimum Gasteiger partial charge on any atom is -0.492 e. The number of rotatable bonds is 8. The molecule has 1 aliphatic rings. The maximum absolute atomic E-state index is 13.8. The Morgan fingerprint density at radius 2 is 1.97 bits per heavy atom. The molecule has 0 bridgehead atoms. The second kappa shape index (κ2) is 10.0. The van der Waals surface area contributed by atoms with Crippen molar-refractivity contribution in [1.82, 2.24) is 4.98 Å². The van der Waals surface area contributed by atoms with E-state index < -0.39 is 17.7 Å². The first-order chi connectivity index (χ1) is 16.6. The summed E-state index contributed by atoms with van der Waals surface area (Å²) in [6.07, 6.45) is -2.93. The van der Waals surface area contributed by atoms with Crippen molar-refractivity contribution in [1.29, 1.82) is 0 Å². The lowest BCUT2D eigenvalue weighted by Crippen LogP contribution is -2.17. The van der Waals surface area contributed by atoms with E-state index in [1.807, 2.05) is 0 Å². The maximum Gasteiger partial charge on any atom is 0.416 e. The number of hydrogen-bond acceptors (Lipinski definition) is 7. The molecule has 1 aliphatic heterocycles. The Hall–Kier alpha value is -3.44. The second-order valence-electron chi connectivity index (χ2n) is 7.67. The third-order valence-corrected chi connectivity index (χ3v) is 6.51. The Kier molecular flexibility index (Phi) is 7.08. The van der Waals surface area contributed by atoms with Crippen LogP contribution in [-0.2, 0) is 17.4 Å². The molecule has 0 saturated heterocycles. The highest BCUT2D eigenvalue weighted by atomic mass is 35.5. The Bertz CT molecular complexity index is 1440. The van der Waals surface area contributed by atoms with Crippen LogP contribution in [0.25, 0.3) is 5.57 Å². The van der Waals surface area contributed by atoms with E-state index in [2.05, 4.69) is 20.5 Å². The minimum absolute atomic E-state index is 0.0143. The van der Waals surface area contributed by atoms with Gasteiger partial charge in [0.1, 0.15) is 0 Å². The van der Waals surface area contributed by atoms with E-state index in [9.17, 15) is 23.1 Å². The zero-order valence-corrected chi connectivity index (χ0v) is 19.5. The lowest BCUT2D eigenvalue weighted by atomic mass is 9.96. The van der Waals surface area contributed by atoms with E-state index >= 15 is 0 Å². The van der Waals surface area contributed by atoms with Crippen LogP contribution in [0.5, 0.6) is 5.88 Å². The van der Waals surface area contributed by atoms with Crippen molar-refractivity contribution in [2.24, 2.45) is 10.2 Å². The molecule has 35 heavy (non-hydrogen) atoms. The van der Waals surface area contributed by atoms with E-state index in [0.29, 0.717) is 44.7 Å². The van der Waals surface area contributed by atoms with Gasteiger partial charge in [0.05, 0.1) is 22.0 Å². The largest absolute Gasteiger partial charge is 0.492 e. The van der Waals surface area contributed by atoms with Crippen LogP contribution in [0, 0.1) is 0 Å². The number of carboxylic acid groups (broad SMARTS) is 1. The Morgan fingerprint density at radius 1 is 1.17 bits per heavy atom. The summed E-state index contributed by atoms with van der Waals surface area (Å²) in [4.78, 5) is 15.1. The average molecular weight is 523 g/mol. The number of benzene rings is 2. The van der Waals surface area contributed by atoms with Crippen LogP contribution in [0.2, 0.25) is 5.02 Å². The number of alkyl halides is 3. The summed E-state index contributed by atoms with van der Waals surface area (Å²) in [6.45, 7) is 0.306. The number of fused-ring (bicyclic) bond motifs is 1. The molecule has 0 aliphatic carbocycles. The van der Waals surface area contributed by atoms with Crippen LogP contribution in [0.1, 0.15) is 34.4 Å². The molecule has 2 heterocycles. The number of aromatic hydroxyl groups is 1. The zero-order chi connectivity index (χ0) is 25.2. The first kappa shape index (κ1) is 24.7. The fraction of sp³-hybridized carbons (Fsp3) is 0.217. The highest BCUT2D eigenvalue weighted by Crippen LogP contribution is 2.38. The van der Waals surface area contributed by atoms with Gasteiger partial charge in [0, 0.05) is 30.0 Å². The van der Waals surface area contributed by atoms with Gasteiger partial charge in [0.15, 0.2) is 5.13 Å². The van der Waals surface area contributed by atoms with Crippen molar-refractivity contribution in [2.75, 3.05) is 11.9 Å². The third-order valence-electron chi connectivity index (χ3n) is 5.21. The predicted molar refractivity (Wildman–Crippen MR) is 127 cm³/mol. The van der Waals surface area contributed by atoms with Crippen LogP contribution in [0.15, 0.2) is 46.6 Å². The molecule has 2 aromatic carbocycles. The van der Waals surface area contributed by atoms with E-state index in [0.717, 1.165) is 17.4 Å². The third kappa shape index (κ3) is 5.80. The van der Waals surface area contributed by atoms with Gasteiger partial charge < -0.3 is 15.5 Å². The van der Waals surface area contributed by atoms with Gasteiger partial charge in [-0.3, -0.25) is 4.79 Å². The molecule has 0 saturated carbocycles. The summed E-state index contributed by atoms with van der Waals surface area (Å²) >= 11 is 6.91. The van der Waals surface area contributed by atoms with Gasteiger partial charge in [-0.1, -0.05) is 35.1 Å². The van der Waals surface area contributed by atoms with Gasteiger partial charge in [-0.15, -0.1) is 0 Å². The molecule has 3 N–H and O–H groups in total. The van der Waals surface area contributed by atoms with Crippen LogP contribution < -0.4 is 15.9 Å². The van der Waals surface area contributed by atoms with Gasteiger partial charge >= 0.3 is 12.1 Å². The molecule has 7 nitrogen and oxygen atoms in total. The molecule has 0 amide bonds. The fourth-order valence-corrected chi connectivity index (χ4v) is 4.70. The van der Waals surface area contributed by atoms with Crippen molar-refractivity contribution in [3.8, 4) is 5.88 Å². The monoisotopic (exact) mass is 522 g/mol. The molecule has 0 fully saturated rings. The molecular weight excluding hydrogens is 505 g/mol. The first-order valence-electron chi connectivity index (χ1n) is 10.4. The molecule has 1 aromatic heterocycles. The summed E-state index contributed by atoms with van der Waals surface area (Å²) in [5.41, 5.74) is 0.244. The molecule has 3 aromatic rings. The first-order valence-corrected chi connectivity index (χ1v) is 11.6. The molecule has 0 radical (unpaired) electrons. The summed E-state index contributed by atoms with van der Waals surface area (Å²) in [5.74, 6) is -1.27. The number of halogens is 4. The number of carboxylic acids is 1. The second-order valence-corrected chi connectivity index (χ2v) is 9.10. The van der Waals surface area contributed by atoms with Crippen molar-refractivity contribution in [3.05, 3.63) is 73.6 Å². The van der Waals surface area contributed by atoms with E-state index in [1.165, 1.54) is 12.1 Å². The van der Waals surface area contributed by atoms with Crippen LogP contribution in [0.3, 0.4) is 0 Å². The van der Waals surface area contributed by atoms with E-state index in [1.54, 1.807) is 24.4 Å². The van der Waals surface area contributed by atoms with Crippen molar-refractivity contribution < 1.29 is 28.2 Å². The normalized spacial score (nSPS) is 13.4. The van der Waals surface area contributed by atoms with Crippen LogP contribution >= 0.6 is 22.9 Å². The number of hydrogen-bond donors (Lipinski definition) is 3. The number of aliphatic carboxylic acids is 1. The van der Waals surface area contributed by atoms with Gasteiger partial charge in [-0.2, -0.15) is 28.4 Å². The SMILES string of the molecule is O=C(O)CCCNc1nc(O)c(C(Cc2ccc(Cl)cc2C(F)(F)F)=c2ccc3c(c2)C=NN=3)s1. The molecule has 0 unspecified atom stereocenters. The number of nitrogens with one attached hydrogen (secondary N) is 1. The van der Waals surface area contributed by atoms with Gasteiger partial charge in [0.2, 0.25) is 5.88 Å². The van der Waals surface area contributed by atoms with Crippen molar-refractivity contribution >= 4 is 45.8 Å². The Balaban J connectivity index is 1.79. The molecule has 0 atom stereocenters. The summed E-state index contributed by atoms with van der Waals surface area (Å²) in [6, 6.07) is 8.73. The average Bonchev–Trinajstić information content (AvgIpc) is 3.41. The van der Waals surface area contributed by atoms with Crippen molar-refractivity contribution in [2.45, 2.75) is 25.4 Å². The lowest BCUT2D eigenvalue weighted by molar-refractivity contribution is -0.138. The number of nitrogens with zero attached hydrogens (tertiary/aromatic N) is 3. The predicted octanol–water partition coefficient (Wildman–Crippen LogP) is 4.21. The summed E-state index contributed by atoms with van der Waals surface area (Å²) in [7, 11) is 0. The quantitative estimate of drug-likeness (QED) is 0.384.